The van der Waals surface area contributed by atoms with Crippen LogP contribution in [0.25, 0.3) is 0 Å². The summed E-state index contributed by atoms with van der Waals surface area (Å²) in [5.41, 5.74) is 0. The maximum Gasteiger partial charge on any atom is 0.321 e. The fraction of sp³-hybridized carbons (Fsp3) is 0.833. The molecule has 6 heteroatoms. The molecule has 6 nitrogen and oxygen atoms in total. The van der Waals surface area contributed by atoms with E-state index < -0.39 is 6.03 Å². The van der Waals surface area contributed by atoms with Crippen molar-refractivity contribution < 1.29 is 9.59 Å². The molecule has 0 saturated carbocycles. The van der Waals surface area contributed by atoms with Crippen LogP contribution in [0, 0.1) is 5.92 Å². The van der Waals surface area contributed by atoms with Crippen molar-refractivity contribution in [3.8, 4) is 0 Å². The monoisotopic (exact) mass is 256 g/mol. The number of carbonyl (C=O) groups is 2. The third kappa shape index (κ3) is 5.97. The summed E-state index contributed by atoms with van der Waals surface area (Å²) >= 11 is 0. The van der Waals surface area contributed by atoms with Crippen LogP contribution in [0.2, 0.25) is 0 Å². The Kier molecular flexibility index (Phi) is 6.07. The largest absolute Gasteiger partial charge is 0.338 e. The van der Waals surface area contributed by atoms with Gasteiger partial charge in [-0.1, -0.05) is 13.8 Å². The van der Waals surface area contributed by atoms with Crippen LogP contribution < -0.4 is 16.0 Å². The van der Waals surface area contributed by atoms with Gasteiger partial charge in [0.15, 0.2) is 0 Å². The Morgan fingerprint density at radius 1 is 1.44 bits per heavy atom. The van der Waals surface area contributed by atoms with Crippen molar-refractivity contribution >= 4 is 11.9 Å². The molecule has 0 bridgehead atoms. The van der Waals surface area contributed by atoms with Crippen LogP contribution in [0.3, 0.4) is 0 Å². The van der Waals surface area contributed by atoms with E-state index in [2.05, 4.69) is 22.9 Å². The minimum Gasteiger partial charge on any atom is -0.338 e. The third-order valence-corrected chi connectivity index (χ3v) is 2.74. The molecular weight excluding hydrogens is 232 g/mol. The molecule has 1 heterocycles. The van der Waals surface area contributed by atoms with Gasteiger partial charge in [0.05, 0.1) is 6.54 Å². The molecular formula is C12H24N4O2. The minimum atomic E-state index is -0.406. The number of piperazine rings is 1. The van der Waals surface area contributed by atoms with Crippen molar-refractivity contribution in [1.29, 1.82) is 0 Å². The summed E-state index contributed by atoms with van der Waals surface area (Å²) in [7, 11) is 0. The molecule has 1 saturated heterocycles. The van der Waals surface area contributed by atoms with E-state index in [4.69, 9.17) is 0 Å². The standard InChI is InChI=1S/C12H24N4O2/c1-9(2)6-14-12(18)15-11(17)8-16-5-4-13-10(3)7-16/h9-10,13H,4-8H2,1-3H3,(H2,14,15,17,18)/t10-/m1/s1. The van der Waals surface area contributed by atoms with E-state index in [1.165, 1.54) is 0 Å². The van der Waals surface area contributed by atoms with Crippen LogP contribution in [-0.4, -0.2) is 55.6 Å². The third-order valence-electron chi connectivity index (χ3n) is 2.74. The molecule has 3 amide bonds. The molecule has 0 aromatic rings. The number of rotatable bonds is 4. The van der Waals surface area contributed by atoms with E-state index in [9.17, 15) is 9.59 Å². The van der Waals surface area contributed by atoms with E-state index in [1.807, 2.05) is 18.7 Å². The number of urea groups is 1. The molecule has 104 valence electrons. The lowest BCUT2D eigenvalue weighted by molar-refractivity contribution is -0.121. The fourth-order valence-corrected chi connectivity index (χ4v) is 1.87. The first-order valence-corrected chi connectivity index (χ1v) is 6.50. The van der Waals surface area contributed by atoms with Crippen LogP contribution in [0.4, 0.5) is 4.79 Å². The smallest absolute Gasteiger partial charge is 0.321 e. The van der Waals surface area contributed by atoms with E-state index in [1.54, 1.807) is 0 Å². The Bertz CT molecular complexity index is 294. The van der Waals surface area contributed by atoms with Gasteiger partial charge in [-0.2, -0.15) is 0 Å². The van der Waals surface area contributed by atoms with Crippen molar-refractivity contribution in [3.63, 3.8) is 0 Å². The molecule has 1 fully saturated rings. The summed E-state index contributed by atoms with van der Waals surface area (Å²) in [5.74, 6) is 0.130. The second-order valence-corrected chi connectivity index (χ2v) is 5.24. The fourth-order valence-electron chi connectivity index (χ4n) is 1.87. The average molecular weight is 256 g/mol. The van der Waals surface area contributed by atoms with Gasteiger partial charge >= 0.3 is 6.03 Å². The summed E-state index contributed by atoms with van der Waals surface area (Å²) in [6, 6.07) is -0.0156. The van der Waals surface area contributed by atoms with Crippen molar-refractivity contribution in [2.45, 2.75) is 26.8 Å². The second kappa shape index (κ2) is 7.33. The van der Waals surface area contributed by atoms with Crippen LogP contribution in [0.5, 0.6) is 0 Å². The van der Waals surface area contributed by atoms with Gasteiger partial charge in [-0.3, -0.25) is 15.0 Å². The Hall–Kier alpha value is -1.14. The molecule has 1 rings (SSSR count). The summed E-state index contributed by atoms with van der Waals surface area (Å²) in [6.07, 6.45) is 0. The number of imide groups is 1. The number of hydrogen-bond acceptors (Lipinski definition) is 4. The van der Waals surface area contributed by atoms with E-state index in [0.29, 0.717) is 18.5 Å². The molecule has 3 N–H and O–H groups in total. The highest BCUT2D eigenvalue weighted by atomic mass is 16.2. The highest BCUT2D eigenvalue weighted by Gasteiger charge is 2.18. The van der Waals surface area contributed by atoms with Crippen LogP contribution in [-0.2, 0) is 4.79 Å². The average Bonchev–Trinajstić information content (AvgIpc) is 2.26. The maximum absolute atomic E-state index is 11.6. The van der Waals surface area contributed by atoms with Crippen molar-refractivity contribution in [2.75, 3.05) is 32.7 Å². The Balaban J connectivity index is 2.22. The highest BCUT2D eigenvalue weighted by Crippen LogP contribution is 1.97. The first-order valence-electron chi connectivity index (χ1n) is 6.50. The van der Waals surface area contributed by atoms with Crippen molar-refractivity contribution in [1.82, 2.24) is 20.9 Å². The number of nitrogens with zero attached hydrogens (tertiary/aromatic N) is 1. The molecule has 0 aromatic heterocycles. The van der Waals surface area contributed by atoms with Gasteiger partial charge in [0, 0.05) is 32.2 Å². The number of hydrogen-bond donors (Lipinski definition) is 3. The van der Waals surface area contributed by atoms with Gasteiger partial charge in [0.1, 0.15) is 0 Å². The highest BCUT2D eigenvalue weighted by molar-refractivity contribution is 5.95. The predicted octanol–water partition coefficient (Wildman–Crippen LogP) is -0.238. The van der Waals surface area contributed by atoms with Crippen LogP contribution in [0.1, 0.15) is 20.8 Å². The molecule has 1 atom stereocenters. The summed E-state index contributed by atoms with van der Waals surface area (Å²) in [5, 5.41) is 8.31. The molecule has 0 unspecified atom stereocenters. The molecule has 18 heavy (non-hydrogen) atoms. The van der Waals surface area contributed by atoms with Gasteiger partial charge in [-0.25, -0.2) is 4.79 Å². The molecule has 0 aliphatic carbocycles. The van der Waals surface area contributed by atoms with E-state index in [0.717, 1.165) is 19.6 Å². The van der Waals surface area contributed by atoms with Crippen molar-refractivity contribution in [2.24, 2.45) is 5.92 Å². The summed E-state index contributed by atoms with van der Waals surface area (Å²) in [6.45, 7) is 9.50. The SMILES string of the molecule is CC(C)CNC(=O)NC(=O)CN1CCN[C@H](C)C1. The Labute approximate surface area is 108 Å². The van der Waals surface area contributed by atoms with Gasteiger partial charge in [0.25, 0.3) is 0 Å². The minimum absolute atomic E-state index is 0.245. The number of carbonyl (C=O) groups excluding carboxylic acids is 2. The maximum atomic E-state index is 11.6. The van der Waals surface area contributed by atoms with Gasteiger partial charge < -0.3 is 10.6 Å². The molecule has 1 aliphatic rings. The molecule has 0 radical (unpaired) electrons. The topological polar surface area (TPSA) is 73.5 Å². The first-order chi connectivity index (χ1) is 8.47. The lowest BCUT2D eigenvalue weighted by Crippen LogP contribution is -2.53. The van der Waals surface area contributed by atoms with Gasteiger partial charge in [-0.15, -0.1) is 0 Å². The Morgan fingerprint density at radius 3 is 2.78 bits per heavy atom. The van der Waals surface area contributed by atoms with Crippen LogP contribution in [0.15, 0.2) is 0 Å². The lowest BCUT2D eigenvalue weighted by atomic mass is 10.2. The zero-order chi connectivity index (χ0) is 13.5. The zero-order valence-corrected chi connectivity index (χ0v) is 11.5. The zero-order valence-electron chi connectivity index (χ0n) is 11.5. The van der Waals surface area contributed by atoms with E-state index in [-0.39, 0.29) is 12.5 Å². The summed E-state index contributed by atoms with van der Waals surface area (Å²) < 4.78 is 0. The quantitative estimate of drug-likeness (QED) is 0.649. The van der Waals surface area contributed by atoms with Gasteiger partial charge in [-0.05, 0) is 12.8 Å². The number of nitrogens with one attached hydrogen (secondary N) is 3. The van der Waals surface area contributed by atoms with Crippen molar-refractivity contribution in [3.05, 3.63) is 0 Å². The lowest BCUT2D eigenvalue weighted by Gasteiger charge is -2.31. The second-order valence-electron chi connectivity index (χ2n) is 5.24. The molecule has 0 aromatic carbocycles. The van der Waals surface area contributed by atoms with Gasteiger partial charge in [0.2, 0.25) is 5.91 Å². The Morgan fingerprint density at radius 2 is 2.17 bits per heavy atom. The normalized spacial score (nSPS) is 20.8. The van der Waals surface area contributed by atoms with Crippen LogP contribution >= 0.6 is 0 Å². The predicted molar refractivity (Wildman–Crippen MR) is 70.3 cm³/mol. The molecule has 0 spiro atoms. The first kappa shape index (κ1) is 14.9. The molecule has 1 aliphatic heterocycles. The number of amides is 3. The summed E-state index contributed by atoms with van der Waals surface area (Å²) in [4.78, 5) is 25.1. The van der Waals surface area contributed by atoms with E-state index >= 15 is 0 Å².